The van der Waals surface area contributed by atoms with Gasteiger partial charge in [-0.25, -0.2) is 13.2 Å². The summed E-state index contributed by atoms with van der Waals surface area (Å²) in [4.78, 5) is 15.4. The Hall–Kier alpha value is -3.62. The molecule has 0 atom stereocenters. The van der Waals surface area contributed by atoms with Gasteiger partial charge in [-0.1, -0.05) is 24.3 Å². The van der Waals surface area contributed by atoms with Crippen LogP contribution in [-0.2, 0) is 28.7 Å². The van der Waals surface area contributed by atoms with Crippen molar-refractivity contribution in [3.63, 3.8) is 0 Å². The van der Waals surface area contributed by atoms with Gasteiger partial charge in [-0.3, -0.25) is 4.90 Å². The van der Waals surface area contributed by atoms with Crippen molar-refractivity contribution in [1.29, 1.82) is 0 Å². The molecule has 0 N–H and O–H groups in total. The molecule has 0 unspecified atom stereocenters. The first-order valence-electron chi connectivity index (χ1n) is 10.7. The Bertz CT molecular complexity index is 1370. The number of alkyl halides is 6. The van der Waals surface area contributed by atoms with Gasteiger partial charge < -0.3 is 9.32 Å². The van der Waals surface area contributed by atoms with Crippen LogP contribution in [0.5, 0.6) is 0 Å². The number of hydrogen-bond donors (Lipinski definition) is 0. The second-order valence-electron chi connectivity index (χ2n) is 8.13. The molecule has 4 rings (SSSR count). The smallest absolute Gasteiger partial charge is 0.413 e. The molecule has 37 heavy (non-hydrogen) atoms. The maximum absolute atomic E-state index is 13.7. The number of sulfone groups is 1. The molecule has 15 heteroatoms. The minimum absolute atomic E-state index is 0.126. The van der Waals surface area contributed by atoms with Crippen molar-refractivity contribution >= 4 is 21.6 Å². The lowest BCUT2D eigenvalue weighted by Crippen LogP contribution is -2.50. The van der Waals surface area contributed by atoms with Gasteiger partial charge >= 0.3 is 24.3 Å². The highest BCUT2D eigenvalue weighted by Crippen LogP contribution is 2.37. The number of halogens is 6. The molecule has 2 heterocycles. The van der Waals surface area contributed by atoms with Crippen molar-refractivity contribution in [3.05, 3.63) is 65.5 Å². The highest BCUT2D eigenvalue weighted by atomic mass is 32.2. The lowest BCUT2D eigenvalue weighted by atomic mass is 10.1. The fraction of sp³-hybridized carbons (Fsp3) is 0.318. The third-order valence-corrected chi connectivity index (χ3v) is 7.16. The molecule has 1 saturated heterocycles. The normalized spacial score (nSPS) is 16.0. The van der Waals surface area contributed by atoms with E-state index in [2.05, 4.69) is 14.6 Å². The summed E-state index contributed by atoms with van der Waals surface area (Å²) in [5.41, 5.74) is -1.02. The van der Waals surface area contributed by atoms with Crippen LogP contribution in [-0.4, -0.2) is 54.1 Å². The Kier molecular flexibility index (Phi) is 6.92. The minimum atomic E-state index is -4.83. The largest absolute Gasteiger partial charge is 0.470 e. The van der Waals surface area contributed by atoms with Gasteiger partial charge in [0.15, 0.2) is 9.84 Å². The topological polar surface area (TPSA) is 96.6 Å². The van der Waals surface area contributed by atoms with Gasteiger partial charge in [0.25, 0.3) is 0 Å². The third kappa shape index (κ3) is 6.03. The van der Waals surface area contributed by atoms with E-state index in [-0.39, 0.29) is 36.7 Å². The molecule has 8 nitrogen and oxygen atoms in total. The number of urea groups is 1. The molecule has 2 amide bonds. The molecule has 0 aliphatic carbocycles. The van der Waals surface area contributed by atoms with Crippen LogP contribution in [0.2, 0.25) is 0 Å². The molecule has 0 spiro atoms. The van der Waals surface area contributed by atoms with Crippen molar-refractivity contribution in [2.45, 2.75) is 18.9 Å². The van der Waals surface area contributed by atoms with Gasteiger partial charge in [-0.15, -0.1) is 10.2 Å². The number of hydrogen-bond acceptors (Lipinski definition) is 6. The van der Waals surface area contributed by atoms with Crippen LogP contribution in [0.3, 0.4) is 0 Å². The second-order valence-corrected chi connectivity index (χ2v) is 10.4. The molecular weight excluding hydrogens is 530 g/mol. The van der Waals surface area contributed by atoms with E-state index in [1.54, 1.807) is 0 Å². The second kappa shape index (κ2) is 9.68. The van der Waals surface area contributed by atoms with Gasteiger partial charge in [-0.05, 0) is 29.8 Å². The number of aromatic nitrogens is 2. The Morgan fingerprint density at radius 3 is 2.11 bits per heavy atom. The molecule has 0 radical (unpaired) electrons. The van der Waals surface area contributed by atoms with Crippen molar-refractivity contribution < 1.29 is 44.0 Å². The summed E-state index contributed by atoms with van der Waals surface area (Å²) in [6.07, 6.45) is -9.61. The van der Waals surface area contributed by atoms with Crippen LogP contribution < -0.4 is 4.90 Å². The summed E-state index contributed by atoms with van der Waals surface area (Å²) in [7, 11) is -3.35. The maximum Gasteiger partial charge on any atom is 0.470 e. The molecule has 3 aromatic rings. The first kappa shape index (κ1) is 26.4. The van der Waals surface area contributed by atoms with Crippen molar-refractivity contribution in [2.24, 2.45) is 0 Å². The molecular formula is C22H18F6N4O4S. The molecule has 1 aliphatic heterocycles. The van der Waals surface area contributed by atoms with Crippen LogP contribution >= 0.6 is 0 Å². The van der Waals surface area contributed by atoms with E-state index in [1.165, 1.54) is 41.3 Å². The quantitative estimate of drug-likeness (QED) is 0.441. The summed E-state index contributed by atoms with van der Waals surface area (Å²) < 4.78 is 108. The molecule has 198 valence electrons. The summed E-state index contributed by atoms with van der Waals surface area (Å²) in [6, 6.07) is 9.10. The summed E-state index contributed by atoms with van der Waals surface area (Å²) in [5, 5.41) is 6.29. The third-order valence-electron chi connectivity index (χ3n) is 5.56. The number of amides is 2. The average Bonchev–Trinajstić information content (AvgIpc) is 3.33. The Morgan fingerprint density at radius 2 is 1.54 bits per heavy atom. The van der Waals surface area contributed by atoms with Gasteiger partial charge in [0.2, 0.25) is 5.89 Å². The van der Waals surface area contributed by atoms with Gasteiger partial charge in [-0.2, -0.15) is 26.3 Å². The number of nitrogens with zero attached hydrogens (tertiary/aromatic N) is 4. The van der Waals surface area contributed by atoms with E-state index in [9.17, 15) is 39.6 Å². The molecule has 2 aromatic carbocycles. The van der Waals surface area contributed by atoms with Crippen LogP contribution in [0.1, 0.15) is 17.0 Å². The van der Waals surface area contributed by atoms with Gasteiger partial charge in [0.1, 0.15) is 0 Å². The van der Waals surface area contributed by atoms with Crippen LogP contribution in [0.4, 0.5) is 36.8 Å². The van der Waals surface area contributed by atoms with Gasteiger partial charge in [0.05, 0.1) is 29.3 Å². The number of carbonyl (C=O) groups excluding carboxylic acids is 1. The van der Waals surface area contributed by atoms with E-state index in [1.807, 2.05) is 0 Å². The SMILES string of the molecule is O=C(N1CCS(=O)(=O)CC1)N(Cc1ccc(-c2nnc(C(F)(F)F)o2)cc1)c1ccccc1C(F)(F)F. The predicted molar refractivity (Wildman–Crippen MR) is 118 cm³/mol. The standard InChI is InChI=1S/C22H18F6N4O4S/c23-21(24,25)16-3-1-2-4-17(16)32(20(33)31-9-11-37(34,35)12-10-31)13-14-5-7-15(8-6-14)18-29-30-19(36-18)22(26,27)28/h1-8H,9-13H2. The molecule has 1 aromatic heterocycles. The van der Waals surface area contributed by atoms with E-state index in [4.69, 9.17) is 0 Å². The van der Waals surface area contributed by atoms with E-state index >= 15 is 0 Å². The summed E-state index contributed by atoms with van der Waals surface area (Å²) in [5.74, 6) is -2.57. The number of carbonyl (C=O) groups is 1. The number of anilines is 1. The first-order valence-corrected chi connectivity index (χ1v) is 12.5. The highest BCUT2D eigenvalue weighted by Gasteiger charge is 2.39. The zero-order chi connectivity index (χ0) is 27.0. The minimum Gasteiger partial charge on any atom is -0.413 e. The Balaban J connectivity index is 1.65. The van der Waals surface area contributed by atoms with Crippen molar-refractivity contribution in [2.75, 3.05) is 29.5 Å². The molecule has 0 saturated carbocycles. The maximum atomic E-state index is 13.7. The van der Waals surface area contributed by atoms with Crippen LogP contribution in [0, 0.1) is 0 Å². The fourth-order valence-corrected chi connectivity index (χ4v) is 4.87. The lowest BCUT2D eigenvalue weighted by molar-refractivity contribution is -0.157. The molecule has 1 aliphatic rings. The van der Waals surface area contributed by atoms with Crippen LogP contribution in [0.25, 0.3) is 11.5 Å². The van der Waals surface area contributed by atoms with E-state index in [0.29, 0.717) is 5.56 Å². The number of para-hydroxylation sites is 1. The zero-order valence-corrected chi connectivity index (χ0v) is 19.6. The summed E-state index contributed by atoms with van der Waals surface area (Å²) in [6.45, 7) is -0.694. The van der Waals surface area contributed by atoms with E-state index in [0.717, 1.165) is 17.0 Å². The predicted octanol–water partition coefficient (Wildman–Crippen LogP) is 4.63. The van der Waals surface area contributed by atoms with Crippen LogP contribution in [0.15, 0.2) is 52.9 Å². The average molecular weight is 548 g/mol. The highest BCUT2D eigenvalue weighted by molar-refractivity contribution is 7.91. The molecule has 0 bridgehead atoms. The molecule has 1 fully saturated rings. The monoisotopic (exact) mass is 548 g/mol. The first-order chi connectivity index (χ1) is 17.2. The van der Waals surface area contributed by atoms with E-state index < -0.39 is 51.3 Å². The zero-order valence-electron chi connectivity index (χ0n) is 18.8. The Labute approximate surface area is 206 Å². The van der Waals surface area contributed by atoms with Crippen molar-refractivity contribution in [3.8, 4) is 11.5 Å². The lowest BCUT2D eigenvalue weighted by Gasteiger charge is -2.34. The van der Waals surface area contributed by atoms with Gasteiger partial charge in [0, 0.05) is 18.7 Å². The number of rotatable bonds is 4. The van der Waals surface area contributed by atoms with Crippen molar-refractivity contribution in [1.82, 2.24) is 15.1 Å². The summed E-state index contributed by atoms with van der Waals surface area (Å²) >= 11 is 0. The number of benzene rings is 2. The fourth-order valence-electron chi connectivity index (χ4n) is 3.67. The Morgan fingerprint density at radius 1 is 0.919 bits per heavy atom.